The quantitative estimate of drug-likeness (QED) is 0.169. The van der Waals surface area contributed by atoms with E-state index in [0.717, 1.165) is 21.9 Å². The molecule has 51 heavy (non-hydrogen) atoms. The zero-order valence-corrected chi connectivity index (χ0v) is 27.9. The van der Waals surface area contributed by atoms with Gasteiger partial charge in [-0.15, -0.1) is 0 Å². The van der Waals surface area contributed by atoms with Crippen LogP contribution in [0.1, 0.15) is 0 Å². The molecule has 0 fully saturated rings. The van der Waals surface area contributed by atoms with Crippen molar-refractivity contribution in [1.82, 2.24) is 0 Å². The third-order valence-corrected chi connectivity index (χ3v) is 10.3. The van der Waals surface area contributed by atoms with E-state index in [1.165, 1.54) is 77.2 Å². The molecule has 0 N–H and O–H groups in total. The Morgan fingerprint density at radius 3 is 1.35 bits per heavy atom. The van der Waals surface area contributed by atoms with Crippen LogP contribution in [0.15, 0.2) is 199 Å². The van der Waals surface area contributed by atoms with E-state index in [0.29, 0.717) is 0 Å². The molecule has 0 unspecified atom stereocenters. The van der Waals surface area contributed by atoms with Crippen molar-refractivity contribution in [3.8, 4) is 55.6 Å². The van der Waals surface area contributed by atoms with E-state index in [1.54, 1.807) is 0 Å². The maximum atomic E-state index is 6.24. The predicted molar refractivity (Wildman–Crippen MR) is 216 cm³/mol. The first kappa shape index (κ1) is 29.2. The Morgan fingerprint density at radius 1 is 0.216 bits per heavy atom. The molecule has 0 spiro atoms. The zero-order chi connectivity index (χ0) is 33.7. The summed E-state index contributed by atoms with van der Waals surface area (Å²) in [5.74, 6) is 0. The lowest BCUT2D eigenvalue weighted by atomic mass is 9.84. The molecule has 0 aliphatic heterocycles. The van der Waals surface area contributed by atoms with Gasteiger partial charge >= 0.3 is 0 Å². The van der Waals surface area contributed by atoms with Crippen molar-refractivity contribution in [3.05, 3.63) is 194 Å². The molecular weight excluding hydrogens is 617 g/mol. The lowest BCUT2D eigenvalue weighted by molar-refractivity contribution is 0.669. The molecule has 0 aliphatic rings. The minimum absolute atomic E-state index is 0.908. The van der Waals surface area contributed by atoms with Gasteiger partial charge in [0, 0.05) is 10.8 Å². The predicted octanol–water partition coefficient (Wildman–Crippen LogP) is 14.2. The molecule has 1 nitrogen and oxygen atoms in total. The fourth-order valence-corrected chi connectivity index (χ4v) is 7.83. The van der Waals surface area contributed by atoms with Crippen LogP contribution in [-0.2, 0) is 0 Å². The van der Waals surface area contributed by atoms with E-state index in [4.69, 9.17) is 4.42 Å². The molecule has 10 rings (SSSR count). The first-order chi connectivity index (χ1) is 25.3. The van der Waals surface area contributed by atoms with Gasteiger partial charge in [0.15, 0.2) is 0 Å². The van der Waals surface area contributed by atoms with Crippen molar-refractivity contribution >= 4 is 43.5 Å². The first-order valence-corrected chi connectivity index (χ1v) is 17.5. The monoisotopic (exact) mass is 648 g/mol. The molecular formula is C50H32O. The molecule has 0 aliphatic carbocycles. The highest BCUT2D eigenvalue weighted by Crippen LogP contribution is 2.46. The topological polar surface area (TPSA) is 13.1 Å². The molecule has 0 saturated carbocycles. The van der Waals surface area contributed by atoms with Crippen molar-refractivity contribution in [3.63, 3.8) is 0 Å². The Labute approximate surface area is 296 Å². The highest BCUT2D eigenvalue weighted by atomic mass is 16.3. The van der Waals surface area contributed by atoms with Crippen LogP contribution in [0.5, 0.6) is 0 Å². The lowest BCUT2D eigenvalue weighted by Gasteiger charge is -2.19. The molecule has 0 bridgehead atoms. The molecule has 1 heteroatoms. The number of furan rings is 1. The van der Waals surface area contributed by atoms with Crippen LogP contribution in [0.3, 0.4) is 0 Å². The van der Waals surface area contributed by atoms with Crippen molar-refractivity contribution in [1.29, 1.82) is 0 Å². The van der Waals surface area contributed by atoms with Crippen LogP contribution in [0, 0.1) is 0 Å². The van der Waals surface area contributed by atoms with Gasteiger partial charge in [0.25, 0.3) is 0 Å². The summed E-state index contributed by atoms with van der Waals surface area (Å²) < 4.78 is 6.24. The summed E-state index contributed by atoms with van der Waals surface area (Å²) in [7, 11) is 0. The van der Waals surface area contributed by atoms with Gasteiger partial charge in [-0.05, 0) is 108 Å². The summed E-state index contributed by atoms with van der Waals surface area (Å²) in [5, 5.41) is 7.21. The van der Waals surface area contributed by atoms with Crippen molar-refractivity contribution in [2.24, 2.45) is 0 Å². The second-order valence-corrected chi connectivity index (χ2v) is 13.3. The second kappa shape index (κ2) is 12.0. The van der Waals surface area contributed by atoms with Crippen molar-refractivity contribution < 1.29 is 4.42 Å². The Hall–Kier alpha value is -6.70. The van der Waals surface area contributed by atoms with Gasteiger partial charge in [0.2, 0.25) is 0 Å². The molecule has 1 aromatic heterocycles. The SMILES string of the molecule is c1ccc(-c2ccc(-c3cccc(-c4c5ccccc5c(-c5ccc6oc7ccccc7c6c5)c5ccc(-c6ccccc6)cc45)c3)cc2)cc1. The molecule has 0 saturated heterocycles. The first-order valence-electron chi connectivity index (χ1n) is 17.5. The van der Waals surface area contributed by atoms with Gasteiger partial charge in [-0.3, -0.25) is 0 Å². The molecule has 238 valence electrons. The van der Waals surface area contributed by atoms with Crippen molar-refractivity contribution in [2.45, 2.75) is 0 Å². The minimum Gasteiger partial charge on any atom is -0.456 e. The van der Waals surface area contributed by atoms with E-state index in [2.05, 4.69) is 182 Å². The fourth-order valence-electron chi connectivity index (χ4n) is 7.83. The third kappa shape index (κ3) is 5.02. The largest absolute Gasteiger partial charge is 0.456 e. The molecule has 1 heterocycles. The standard InChI is InChI=1S/C50H32O/c1-3-12-33(13-4-1)35-22-24-36(25-23-35)37-16-11-17-39(30-37)50-43-20-8-7-19-42(43)49(44-28-26-38(31-46(44)50)34-14-5-2-6-15-34)40-27-29-48-45(32-40)41-18-9-10-21-47(41)51-48/h1-32H. The second-order valence-electron chi connectivity index (χ2n) is 13.3. The van der Waals surface area contributed by atoms with Crippen LogP contribution in [0.2, 0.25) is 0 Å². The van der Waals surface area contributed by atoms with E-state index in [1.807, 2.05) is 12.1 Å². The number of hydrogen-bond acceptors (Lipinski definition) is 1. The van der Waals surface area contributed by atoms with E-state index >= 15 is 0 Å². The normalized spacial score (nSPS) is 11.5. The summed E-state index contributed by atoms with van der Waals surface area (Å²) in [4.78, 5) is 0. The lowest BCUT2D eigenvalue weighted by Crippen LogP contribution is -1.92. The highest BCUT2D eigenvalue weighted by molar-refractivity contribution is 6.22. The van der Waals surface area contributed by atoms with Crippen LogP contribution in [0.25, 0.3) is 99.1 Å². The average molecular weight is 649 g/mol. The Morgan fingerprint density at radius 2 is 0.627 bits per heavy atom. The third-order valence-electron chi connectivity index (χ3n) is 10.3. The van der Waals surface area contributed by atoms with Gasteiger partial charge in [0.1, 0.15) is 11.2 Å². The summed E-state index contributed by atoms with van der Waals surface area (Å²) in [6.07, 6.45) is 0. The summed E-state index contributed by atoms with van der Waals surface area (Å²) in [5.41, 5.74) is 14.0. The van der Waals surface area contributed by atoms with Gasteiger partial charge in [-0.2, -0.15) is 0 Å². The number of rotatable bonds is 5. The number of hydrogen-bond donors (Lipinski definition) is 0. The minimum atomic E-state index is 0.908. The Bertz CT molecular complexity index is 2880. The van der Waals surface area contributed by atoms with Gasteiger partial charge in [-0.25, -0.2) is 0 Å². The van der Waals surface area contributed by atoms with E-state index in [-0.39, 0.29) is 0 Å². The molecule has 9 aromatic carbocycles. The van der Waals surface area contributed by atoms with Gasteiger partial charge < -0.3 is 4.42 Å². The molecule has 0 atom stereocenters. The zero-order valence-electron chi connectivity index (χ0n) is 27.9. The fraction of sp³-hybridized carbons (Fsp3) is 0. The average Bonchev–Trinajstić information content (AvgIpc) is 3.58. The molecule has 10 aromatic rings. The smallest absolute Gasteiger partial charge is 0.135 e. The maximum absolute atomic E-state index is 6.24. The molecule has 0 radical (unpaired) electrons. The Kier molecular flexibility index (Phi) is 6.89. The van der Waals surface area contributed by atoms with E-state index in [9.17, 15) is 0 Å². The summed E-state index contributed by atoms with van der Waals surface area (Å²) >= 11 is 0. The number of benzene rings is 9. The van der Waals surface area contributed by atoms with E-state index < -0.39 is 0 Å². The van der Waals surface area contributed by atoms with Crippen LogP contribution >= 0.6 is 0 Å². The Balaban J connectivity index is 1.21. The molecule has 0 amide bonds. The maximum Gasteiger partial charge on any atom is 0.135 e. The van der Waals surface area contributed by atoms with Crippen molar-refractivity contribution in [2.75, 3.05) is 0 Å². The summed E-state index contributed by atoms with van der Waals surface area (Å²) in [6, 6.07) is 70.1. The van der Waals surface area contributed by atoms with Gasteiger partial charge in [0.05, 0.1) is 0 Å². The van der Waals surface area contributed by atoms with Crippen LogP contribution in [-0.4, -0.2) is 0 Å². The van der Waals surface area contributed by atoms with Crippen LogP contribution in [0.4, 0.5) is 0 Å². The van der Waals surface area contributed by atoms with Crippen LogP contribution < -0.4 is 0 Å². The number of fused-ring (bicyclic) bond motifs is 5. The van der Waals surface area contributed by atoms with Gasteiger partial charge in [-0.1, -0.05) is 164 Å². The number of para-hydroxylation sites is 1. The highest BCUT2D eigenvalue weighted by Gasteiger charge is 2.19. The summed E-state index contributed by atoms with van der Waals surface area (Å²) in [6.45, 7) is 0.